The highest BCUT2D eigenvalue weighted by atomic mass is 35.5. The molecule has 2 rings (SSSR count). The number of thiazole rings is 1. The second kappa shape index (κ2) is 4.49. The summed E-state index contributed by atoms with van der Waals surface area (Å²) in [6.07, 6.45) is 1.73. The highest BCUT2D eigenvalue weighted by Crippen LogP contribution is 2.28. The van der Waals surface area contributed by atoms with Gasteiger partial charge in [0.15, 0.2) is 0 Å². The molecule has 1 unspecified atom stereocenters. The van der Waals surface area contributed by atoms with Crippen LogP contribution in [0.15, 0.2) is 29.8 Å². The van der Waals surface area contributed by atoms with E-state index < -0.39 is 0 Å². The van der Waals surface area contributed by atoms with Crippen LogP contribution in [0.5, 0.6) is 0 Å². The Kier molecular flexibility index (Phi) is 3.26. The lowest BCUT2D eigenvalue weighted by atomic mass is 10.1. The summed E-state index contributed by atoms with van der Waals surface area (Å²) in [5.74, 6) is 0. The summed E-state index contributed by atoms with van der Waals surface area (Å²) in [6.45, 7) is 0. The zero-order valence-corrected chi connectivity index (χ0v) is 9.98. The Bertz CT molecular complexity index is 456. The minimum atomic E-state index is -0.236. The first-order valence-corrected chi connectivity index (χ1v) is 5.92. The molecule has 1 aromatic heterocycles. The molecule has 0 aliphatic rings. The topological polar surface area (TPSA) is 38.9 Å². The predicted molar refractivity (Wildman–Crippen MR) is 64.6 cm³/mol. The zero-order chi connectivity index (χ0) is 10.8. The Morgan fingerprint density at radius 2 is 2.07 bits per heavy atom. The molecule has 2 aromatic rings. The molecule has 0 bridgehead atoms. The standard InChI is InChI=1S/C10H8Cl2N2S/c11-7-2-1-6(5-8(7)12)9(13)10-14-3-4-15-10/h1-5,9H,13H2. The first kappa shape index (κ1) is 10.9. The normalized spacial score (nSPS) is 12.7. The molecule has 0 aliphatic heterocycles. The van der Waals surface area contributed by atoms with Gasteiger partial charge in [0.2, 0.25) is 0 Å². The second-order valence-corrected chi connectivity index (χ2v) is 4.76. The van der Waals surface area contributed by atoms with E-state index in [2.05, 4.69) is 4.98 Å². The minimum Gasteiger partial charge on any atom is -0.318 e. The van der Waals surface area contributed by atoms with Gasteiger partial charge >= 0.3 is 0 Å². The van der Waals surface area contributed by atoms with Gasteiger partial charge in [-0.2, -0.15) is 0 Å². The van der Waals surface area contributed by atoms with Crippen molar-refractivity contribution in [3.63, 3.8) is 0 Å². The number of halogens is 2. The van der Waals surface area contributed by atoms with E-state index in [4.69, 9.17) is 28.9 Å². The van der Waals surface area contributed by atoms with E-state index >= 15 is 0 Å². The molecule has 0 saturated heterocycles. The van der Waals surface area contributed by atoms with Gasteiger partial charge in [0, 0.05) is 11.6 Å². The van der Waals surface area contributed by atoms with E-state index in [0.717, 1.165) is 10.6 Å². The lowest BCUT2D eigenvalue weighted by molar-refractivity contribution is 0.858. The van der Waals surface area contributed by atoms with E-state index in [9.17, 15) is 0 Å². The summed E-state index contributed by atoms with van der Waals surface area (Å²) in [4.78, 5) is 4.16. The SMILES string of the molecule is NC(c1ccc(Cl)c(Cl)c1)c1nccs1. The maximum atomic E-state index is 6.03. The summed E-state index contributed by atoms with van der Waals surface area (Å²) in [7, 11) is 0. The zero-order valence-electron chi connectivity index (χ0n) is 7.65. The molecule has 0 fully saturated rings. The van der Waals surface area contributed by atoms with E-state index in [1.54, 1.807) is 18.3 Å². The Morgan fingerprint density at radius 1 is 1.27 bits per heavy atom. The Hall–Kier alpha value is -0.610. The van der Waals surface area contributed by atoms with Gasteiger partial charge in [0.25, 0.3) is 0 Å². The second-order valence-electron chi connectivity index (χ2n) is 3.02. The van der Waals surface area contributed by atoms with E-state index in [1.807, 2.05) is 11.4 Å². The van der Waals surface area contributed by atoms with Crippen molar-refractivity contribution in [3.05, 3.63) is 50.4 Å². The molecule has 1 atom stereocenters. The smallest absolute Gasteiger partial charge is 0.114 e. The van der Waals surface area contributed by atoms with Crippen molar-refractivity contribution in [1.82, 2.24) is 4.98 Å². The highest BCUT2D eigenvalue weighted by Gasteiger charge is 2.12. The molecule has 5 heteroatoms. The van der Waals surface area contributed by atoms with Gasteiger partial charge < -0.3 is 5.73 Å². The first-order chi connectivity index (χ1) is 7.18. The van der Waals surface area contributed by atoms with Crippen LogP contribution in [-0.4, -0.2) is 4.98 Å². The van der Waals surface area contributed by atoms with Crippen molar-refractivity contribution in [3.8, 4) is 0 Å². The number of hydrogen-bond acceptors (Lipinski definition) is 3. The summed E-state index contributed by atoms with van der Waals surface area (Å²) in [5.41, 5.74) is 6.94. The molecule has 1 heterocycles. The van der Waals surface area contributed by atoms with Gasteiger partial charge in [-0.15, -0.1) is 11.3 Å². The third-order valence-corrected chi connectivity index (χ3v) is 3.62. The number of rotatable bonds is 2. The predicted octanol–water partition coefficient (Wildman–Crippen LogP) is 3.50. The van der Waals surface area contributed by atoms with E-state index in [-0.39, 0.29) is 6.04 Å². The van der Waals surface area contributed by atoms with Crippen LogP contribution >= 0.6 is 34.5 Å². The summed E-state index contributed by atoms with van der Waals surface area (Å²) < 4.78 is 0. The fourth-order valence-corrected chi connectivity index (χ4v) is 2.21. The molecule has 0 saturated carbocycles. The molecule has 2 N–H and O–H groups in total. The van der Waals surface area contributed by atoms with Gasteiger partial charge in [0.05, 0.1) is 16.1 Å². The maximum absolute atomic E-state index is 6.03. The Balaban J connectivity index is 2.34. The number of aromatic nitrogens is 1. The Morgan fingerprint density at radius 3 is 2.67 bits per heavy atom. The van der Waals surface area contributed by atoms with Gasteiger partial charge in [0.1, 0.15) is 5.01 Å². The molecule has 2 nitrogen and oxygen atoms in total. The largest absolute Gasteiger partial charge is 0.318 e. The lowest BCUT2D eigenvalue weighted by Crippen LogP contribution is -2.11. The first-order valence-electron chi connectivity index (χ1n) is 4.28. The fourth-order valence-electron chi connectivity index (χ4n) is 1.24. The van der Waals surface area contributed by atoms with Crippen molar-refractivity contribution in [2.24, 2.45) is 5.73 Å². The third-order valence-electron chi connectivity index (χ3n) is 2.02. The van der Waals surface area contributed by atoms with Gasteiger partial charge in [-0.05, 0) is 17.7 Å². The summed E-state index contributed by atoms with van der Waals surface area (Å²) in [5, 5.41) is 3.81. The molecule has 78 valence electrons. The summed E-state index contributed by atoms with van der Waals surface area (Å²) >= 11 is 13.3. The molecule has 1 aromatic carbocycles. The molecule has 0 amide bonds. The van der Waals surface area contributed by atoms with Crippen LogP contribution < -0.4 is 5.73 Å². The monoisotopic (exact) mass is 258 g/mol. The quantitative estimate of drug-likeness (QED) is 0.896. The van der Waals surface area contributed by atoms with Gasteiger partial charge in [-0.3, -0.25) is 0 Å². The van der Waals surface area contributed by atoms with Gasteiger partial charge in [-0.25, -0.2) is 4.98 Å². The molecular weight excluding hydrogens is 251 g/mol. The lowest BCUT2D eigenvalue weighted by Gasteiger charge is -2.09. The third kappa shape index (κ3) is 2.32. The molecular formula is C10H8Cl2N2S. The van der Waals surface area contributed by atoms with Crippen molar-refractivity contribution < 1.29 is 0 Å². The average Bonchev–Trinajstić information content (AvgIpc) is 2.74. The van der Waals surface area contributed by atoms with Gasteiger partial charge in [-0.1, -0.05) is 29.3 Å². The molecule has 0 spiro atoms. The highest BCUT2D eigenvalue weighted by molar-refractivity contribution is 7.09. The van der Waals surface area contributed by atoms with Crippen LogP contribution in [0.3, 0.4) is 0 Å². The van der Waals surface area contributed by atoms with E-state index in [0.29, 0.717) is 10.0 Å². The number of nitrogens with zero attached hydrogens (tertiary/aromatic N) is 1. The van der Waals surface area contributed by atoms with Crippen LogP contribution in [0.1, 0.15) is 16.6 Å². The average molecular weight is 259 g/mol. The van der Waals surface area contributed by atoms with Crippen LogP contribution in [0, 0.1) is 0 Å². The number of benzene rings is 1. The summed E-state index contributed by atoms with van der Waals surface area (Å²) in [6, 6.07) is 5.14. The molecule has 0 radical (unpaired) electrons. The molecule has 0 aliphatic carbocycles. The molecule has 15 heavy (non-hydrogen) atoms. The number of hydrogen-bond donors (Lipinski definition) is 1. The van der Waals surface area contributed by atoms with Crippen molar-refractivity contribution >= 4 is 34.5 Å². The van der Waals surface area contributed by atoms with Crippen LogP contribution in [-0.2, 0) is 0 Å². The maximum Gasteiger partial charge on any atom is 0.114 e. The van der Waals surface area contributed by atoms with Crippen LogP contribution in [0.2, 0.25) is 10.0 Å². The Labute approximate surface area is 102 Å². The van der Waals surface area contributed by atoms with Crippen molar-refractivity contribution in [2.75, 3.05) is 0 Å². The van der Waals surface area contributed by atoms with Crippen molar-refractivity contribution in [1.29, 1.82) is 0 Å². The minimum absolute atomic E-state index is 0.236. The number of nitrogens with two attached hydrogens (primary N) is 1. The van der Waals surface area contributed by atoms with Crippen LogP contribution in [0.4, 0.5) is 0 Å². The van der Waals surface area contributed by atoms with Crippen LogP contribution in [0.25, 0.3) is 0 Å². The fraction of sp³-hybridized carbons (Fsp3) is 0.100. The van der Waals surface area contributed by atoms with Crippen molar-refractivity contribution in [2.45, 2.75) is 6.04 Å². The van der Waals surface area contributed by atoms with E-state index in [1.165, 1.54) is 11.3 Å².